The number of carbonyl (C=O) groups excluding carboxylic acids is 1. The summed E-state index contributed by atoms with van der Waals surface area (Å²) in [5, 5.41) is 0. The number of esters is 1. The Labute approximate surface area is 86.6 Å². The largest absolute Gasteiger partial charge is 0.460 e. The predicted octanol–water partition coefficient (Wildman–Crippen LogP) is 0.714. The van der Waals surface area contributed by atoms with E-state index in [9.17, 15) is 13.2 Å². The van der Waals surface area contributed by atoms with Crippen molar-refractivity contribution >= 4 is 16.1 Å². The Morgan fingerprint density at radius 2 is 2.27 bits per heavy atom. The SMILES string of the molecule is O=C(OCCCS(=O)(=O)O)c1ccco1. The van der Waals surface area contributed by atoms with E-state index < -0.39 is 21.8 Å². The van der Waals surface area contributed by atoms with Crippen LogP contribution in [-0.4, -0.2) is 31.3 Å². The molecule has 0 amide bonds. The van der Waals surface area contributed by atoms with E-state index in [1.54, 1.807) is 0 Å². The lowest BCUT2D eigenvalue weighted by molar-refractivity contribution is 0.0469. The number of carbonyl (C=O) groups is 1. The van der Waals surface area contributed by atoms with Gasteiger partial charge in [0, 0.05) is 0 Å². The van der Waals surface area contributed by atoms with Crippen LogP contribution in [0.15, 0.2) is 22.8 Å². The lowest BCUT2D eigenvalue weighted by Gasteiger charge is -2.00. The standard InChI is InChI=1S/C8H10O6S/c9-8(7-3-1-4-13-7)14-5-2-6-15(10,11)12/h1,3-4H,2,5-6H2,(H,10,11,12). The van der Waals surface area contributed by atoms with Crippen molar-refractivity contribution in [2.24, 2.45) is 0 Å². The second-order valence-electron chi connectivity index (χ2n) is 2.75. The third-order valence-electron chi connectivity index (χ3n) is 1.50. The number of ether oxygens (including phenoxy) is 1. The maximum absolute atomic E-state index is 11.1. The zero-order valence-electron chi connectivity index (χ0n) is 7.75. The van der Waals surface area contributed by atoms with Crippen LogP contribution in [-0.2, 0) is 14.9 Å². The summed E-state index contributed by atoms with van der Waals surface area (Å²) >= 11 is 0. The summed E-state index contributed by atoms with van der Waals surface area (Å²) in [4.78, 5) is 11.1. The van der Waals surface area contributed by atoms with Crippen molar-refractivity contribution in [3.63, 3.8) is 0 Å². The zero-order valence-corrected chi connectivity index (χ0v) is 8.57. The summed E-state index contributed by atoms with van der Waals surface area (Å²) in [7, 11) is -3.99. The molecule has 0 fully saturated rings. The van der Waals surface area contributed by atoms with Gasteiger partial charge >= 0.3 is 5.97 Å². The first-order chi connectivity index (χ1) is 6.99. The topological polar surface area (TPSA) is 93.8 Å². The van der Waals surface area contributed by atoms with E-state index >= 15 is 0 Å². The molecule has 0 unspecified atom stereocenters. The summed E-state index contributed by atoms with van der Waals surface area (Å²) < 4.78 is 38.4. The van der Waals surface area contributed by atoms with Crippen molar-refractivity contribution < 1.29 is 26.9 Å². The van der Waals surface area contributed by atoms with Gasteiger partial charge in [-0.2, -0.15) is 8.42 Å². The molecule has 0 spiro atoms. The molecule has 0 atom stereocenters. The molecule has 0 radical (unpaired) electrons. The minimum atomic E-state index is -3.99. The van der Waals surface area contributed by atoms with Crippen LogP contribution < -0.4 is 0 Å². The highest BCUT2D eigenvalue weighted by Gasteiger charge is 2.10. The van der Waals surface area contributed by atoms with Gasteiger partial charge in [0.2, 0.25) is 5.76 Å². The number of hydrogen-bond acceptors (Lipinski definition) is 5. The van der Waals surface area contributed by atoms with Crippen LogP contribution in [0.4, 0.5) is 0 Å². The fourth-order valence-electron chi connectivity index (χ4n) is 0.872. The molecule has 0 bridgehead atoms. The summed E-state index contributed by atoms with van der Waals surface area (Å²) in [5.41, 5.74) is 0. The monoisotopic (exact) mass is 234 g/mol. The summed E-state index contributed by atoms with van der Waals surface area (Å²) in [6, 6.07) is 2.97. The molecule has 1 aromatic rings. The molecule has 0 saturated heterocycles. The maximum Gasteiger partial charge on any atom is 0.374 e. The van der Waals surface area contributed by atoms with E-state index in [2.05, 4.69) is 4.74 Å². The molecule has 84 valence electrons. The van der Waals surface area contributed by atoms with Crippen molar-refractivity contribution in [1.29, 1.82) is 0 Å². The van der Waals surface area contributed by atoms with Crippen LogP contribution in [0.2, 0.25) is 0 Å². The second-order valence-corrected chi connectivity index (χ2v) is 4.32. The highest BCUT2D eigenvalue weighted by Crippen LogP contribution is 2.02. The Morgan fingerprint density at radius 1 is 1.53 bits per heavy atom. The van der Waals surface area contributed by atoms with E-state index in [0.717, 1.165) is 0 Å². The molecule has 15 heavy (non-hydrogen) atoms. The minimum absolute atomic E-state index is 0.0469. The molecule has 7 heteroatoms. The highest BCUT2D eigenvalue weighted by molar-refractivity contribution is 7.85. The van der Waals surface area contributed by atoms with Gasteiger partial charge in [0.15, 0.2) is 0 Å². The van der Waals surface area contributed by atoms with Crippen molar-refractivity contribution in [2.75, 3.05) is 12.4 Å². The molecule has 0 aliphatic heterocycles. The molecule has 0 aliphatic carbocycles. The quantitative estimate of drug-likeness (QED) is 0.458. The number of hydrogen-bond donors (Lipinski definition) is 1. The van der Waals surface area contributed by atoms with Crippen LogP contribution in [0.25, 0.3) is 0 Å². The van der Waals surface area contributed by atoms with Crippen molar-refractivity contribution in [1.82, 2.24) is 0 Å². The first-order valence-corrected chi connectivity index (χ1v) is 5.76. The first-order valence-electron chi connectivity index (χ1n) is 4.15. The van der Waals surface area contributed by atoms with E-state index in [1.165, 1.54) is 18.4 Å². The Morgan fingerprint density at radius 3 is 2.80 bits per heavy atom. The molecule has 6 nitrogen and oxygen atoms in total. The van der Waals surface area contributed by atoms with Gasteiger partial charge in [-0.15, -0.1) is 0 Å². The van der Waals surface area contributed by atoms with E-state index in [1.807, 2.05) is 0 Å². The van der Waals surface area contributed by atoms with E-state index in [0.29, 0.717) is 0 Å². The Hall–Kier alpha value is -1.34. The average molecular weight is 234 g/mol. The van der Waals surface area contributed by atoms with Crippen molar-refractivity contribution in [3.05, 3.63) is 24.2 Å². The second kappa shape index (κ2) is 4.94. The summed E-state index contributed by atoms with van der Waals surface area (Å²) in [6.45, 7) is -0.0840. The van der Waals surface area contributed by atoms with Gasteiger partial charge in [0.25, 0.3) is 10.1 Å². The highest BCUT2D eigenvalue weighted by atomic mass is 32.2. The number of furan rings is 1. The molecular weight excluding hydrogens is 224 g/mol. The minimum Gasteiger partial charge on any atom is -0.460 e. The molecular formula is C8H10O6S. The van der Waals surface area contributed by atoms with E-state index in [4.69, 9.17) is 8.97 Å². The third-order valence-corrected chi connectivity index (χ3v) is 2.31. The van der Waals surface area contributed by atoms with Crippen molar-refractivity contribution in [2.45, 2.75) is 6.42 Å². The van der Waals surface area contributed by atoms with Gasteiger partial charge in [-0.05, 0) is 18.6 Å². The number of rotatable bonds is 5. The molecule has 0 saturated carbocycles. The maximum atomic E-state index is 11.1. The fraction of sp³-hybridized carbons (Fsp3) is 0.375. The zero-order chi connectivity index (χ0) is 11.3. The Balaban J connectivity index is 2.24. The lowest BCUT2D eigenvalue weighted by Crippen LogP contribution is -2.10. The summed E-state index contributed by atoms with van der Waals surface area (Å²) in [5.74, 6) is -1.03. The smallest absolute Gasteiger partial charge is 0.374 e. The van der Waals surface area contributed by atoms with Gasteiger partial charge in [-0.1, -0.05) is 0 Å². The predicted molar refractivity (Wildman–Crippen MR) is 50.0 cm³/mol. The van der Waals surface area contributed by atoms with Crippen molar-refractivity contribution in [3.8, 4) is 0 Å². The molecule has 1 rings (SSSR count). The Kier molecular flexibility index (Phi) is 3.87. The molecule has 1 N–H and O–H groups in total. The van der Waals surface area contributed by atoms with E-state index in [-0.39, 0.29) is 18.8 Å². The van der Waals surface area contributed by atoms with Gasteiger partial charge in [-0.3, -0.25) is 4.55 Å². The van der Waals surface area contributed by atoms with Crippen LogP contribution in [0.3, 0.4) is 0 Å². The summed E-state index contributed by atoms with van der Waals surface area (Å²) in [6.07, 6.45) is 1.38. The normalized spacial score (nSPS) is 11.3. The van der Waals surface area contributed by atoms with Gasteiger partial charge in [-0.25, -0.2) is 4.79 Å². The van der Waals surface area contributed by atoms with Crippen LogP contribution in [0.1, 0.15) is 17.0 Å². The fourth-order valence-corrected chi connectivity index (χ4v) is 1.35. The molecule has 0 aromatic carbocycles. The van der Waals surface area contributed by atoms with Crippen LogP contribution >= 0.6 is 0 Å². The van der Waals surface area contributed by atoms with Crippen LogP contribution in [0.5, 0.6) is 0 Å². The molecule has 1 heterocycles. The Bertz CT molecular complexity index is 404. The molecule has 0 aliphatic rings. The molecule has 1 aromatic heterocycles. The third kappa shape index (κ3) is 4.61. The van der Waals surface area contributed by atoms with Gasteiger partial charge in [0.1, 0.15) is 0 Å². The first kappa shape index (κ1) is 11.7. The lowest BCUT2D eigenvalue weighted by atomic mass is 10.4. The van der Waals surface area contributed by atoms with Crippen LogP contribution in [0, 0.1) is 0 Å². The van der Waals surface area contributed by atoms with Gasteiger partial charge < -0.3 is 9.15 Å². The average Bonchev–Trinajstić information content (AvgIpc) is 2.63. The van der Waals surface area contributed by atoms with Gasteiger partial charge in [0.05, 0.1) is 18.6 Å².